The Bertz CT molecular complexity index is 280. The third-order valence-corrected chi connectivity index (χ3v) is 3.92. The highest BCUT2D eigenvalue weighted by Crippen LogP contribution is 2.14. The van der Waals surface area contributed by atoms with Crippen LogP contribution in [-0.2, 0) is 9.53 Å². The normalized spacial score (nSPS) is 29.1. The fourth-order valence-corrected chi connectivity index (χ4v) is 2.89. The lowest BCUT2D eigenvalue weighted by Crippen LogP contribution is -2.45. The van der Waals surface area contributed by atoms with Gasteiger partial charge in [0.15, 0.2) is 0 Å². The second-order valence-corrected chi connectivity index (χ2v) is 5.83. The maximum atomic E-state index is 11.8. The molecule has 2 rings (SSSR count). The highest BCUT2D eigenvalue weighted by molar-refractivity contribution is 5.76. The molecular formula is C14H27N3O2. The van der Waals surface area contributed by atoms with Crippen LogP contribution in [0.15, 0.2) is 0 Å². The Balaban J connectivity index is 1.55. The van der Waals surface area contributed by atoms with Crippen molar-refractivity contribution in [2.45, 2.75) is 32.2 Å². The molecule has 0 saturated carbocycles. The van der Waals surface area contributed by atoms with Gasteiger partial charge < -0.3 is 20.3 Å². The van der Waals surface area contributed by atoms with E-state index >= 15 is 0 Å². The maximum absolute atomic E-state index is 11.8. The molecule has 5 heteroatoms. The van der Waals surface area contributed by atoms with E-state index in [1.54, 1.807) is 0 Å². The molecule has 0 radical (unpaired) electrons. The molecule has 0 aromatic rings. The summed E-state index contributed by atoms with van der Waals surface area (Å²) in [6.45, 7) is 8.65. The molecule has 1 amide bonds. The van der Waals surface area contributed by atoms with Gasteiger partial charge in [0.1, 0.15) is 0 Å². The van der Waals surface area contributed by atoms with Crippen LogP contribution in [0.2, 0.25) is 0 Å². The average molecular weight is 269 g/mol. The van der Waals surface area contributed by atoms with Gasteiger partial charge in [-0.25, -0.2) is 0 Å². The second-order valence-electron chi connectivity index (χ2n) is 5.83. The molecular weight excluding hydrogens is 242 g/mol. The fourth-order valence-electron chi connectivity index (χ4n) is 2.89. The first kappa shape index (κ1) is 14.8. The largest absolute Gasteiger partial charge is 0.378 e. The zero-order valence-corrected chi connectivity index (χ0v) is 12.0. The van der Waals surface area contributed by atoms with E-state index < -0.39 is 0 Å². The average Bonchev–Trinajstić information content (AvgIpc) is 2.40. The topological polar surface area (TPSA) is 53.6 Å². The third kappa shape index (κ3) is 5.47. The minimum Gasteiger partial charge on any atom is -0.378 e. The molecule has 2 N–H and O–H groups in total. The number of hydrogen-bond donors (Lipinski definition) is 2. The number of amides is 1. The van der Waals surface area contributed by atoms with E-state index in [0.717, 1.165) is 32.2 Å². The lowest BCUT2D eigenvalue weighted by Gasteiger charge is -2.30. The summed E-state index contributed by atoms with van der Waals surface area (Å²) in [7, 11) is 0. The third-order valence-electron chi connectivity index (χ3n) is 3.92. The number of piperidine rings is 1. The molecule has 0 spiro atoms. The van der Waals surface area contributed by atoms with Crippen molar-refractivity contribution >= 4 is 5.91 Å². The van der Waals surface area contributed by atoms with Gasteiger partial charge in [0.25, 0.3) is 0 Å². The number of nitrogens with one attached hydrogen (secondary N) is 2. The SMILES string of the molecule is CC1CCCN(CCNC(=O)CC2COCCN2)C1. The van der Waals surface area contributed by atoms with Crippen LogP contribution in [0.3, 0.4) is 0 Å². The van der Waals surface area contributed by atoms with Crippen LogP contribution in [0.1, 0.15) is 26.2 Å². The van der Waals surface area contributed by atoms with Gasteiger partial charge in [-0.1, -0.05) is 6.92 Å². The standard InChI is InChI=1S/C14H27N3O2/c1-12-3-2-6-17(10-12)7-4-16-14(18)9-13-11-19-8-5-15-13/h12-13,15H,2-11H2,1H3,(H,16,18). The molecule has 2 fully saturated rings. The van der Waals surface area contributed by atoms with Gasteiger partial charge in [0.05, 0.1) is 13.2 Å². The zero-order valence-electron chi connectivity index (χ0n) is 12.0. The van der Waals surface area contributed by atoms with Gasteiger partial charge >= 0.3 is 0 Å². The van der Waals surface area contributed by atoms with Gasteiger partial charge in [0, 0.05) is 38.6 Å². The van der Waals surface area contributed by atoms with Crippen molar-refractivity contribution in [1.82, 2.24) is 15.5 Å². The van der Waals surface area contributed by atoms with Crippen molar-refractivity contribution in [3.05, 3.63) is 0 Å². The van der Waals surface area contributed by atoms with Gasteiger partial charge in [-0.2, -0.15) is 0 Å². The van der Waals surface area contributed by atoms with E-state index in [0.29, 0.717) is 13.0 Å². The number of carbonyl (C=O) groups excluding carboxylic acids is 1. The summed E-state index contributed by atoms with van der Waals surface area (Å²) in [5, 5.41) is 6.32. The molecule has 110 valence electrons. The number of morpholine rings is 1. The number of likely N-dealkylation sites (tertiary alicyclic amines) is 1. The number of nitrogens with zero attached hydrogens (tertiary/aromatic N) is 1. The second kappa shape index (κ2) is 7.82. The first-order valence-electron chi connectivity index (χ1n) is 7.54. The van der Waals surface area contributed by atoms with E-state index in [1.165, 1.54) is 25.9 Å². The van der Waals surface area contributed by atoms with Crippen LogP contribution in [0.4, 0.5) is 0 Å². The van der Waals surface area contributed by atoms with Crippen molar-refractivity contribution in [2.24, 2.45) is 5.92 Å². The fraction of sp³-hybridized carbons (Fsp3) is 0.929. The maximum Gasteiger partial charge on any atom is 0.221 e. The predicted molar refractivity (Wildman–Crippen MR) is 75.1 cm³/mol. The van der Waals surface area contributed by atoms with Crippen LogP contribution >= 0.6 is 0 Å². The smallest absolute Gasteiger partial charge is 0.221 e. The molecule has 0 aliphatic carbocycles. The van der Waals surface area contributed by atoms with Gasteiger partial charge in [-0.3, -0.25) is 4.79 Å². The molecule has 2 aliphatic rings. The van der Waals surface area contributed by atoms with E-state index in [-0.39, 0.29) is 11.9 Å². The van der Waals surface area contributed by atoms with Crippen LogP contribution in [0.25, 0.3) is 0 Å². The Morgan fingerprint density at radius 2 is 2.42 bits per heavy atom. The Kier molecular flexibility index (Phi) is 6.07. The van der Waals surface area contributed by atoms with E-state index in [9.17, 15) is 4.79 Å². The van der Waals surface area contributed by atoms with Crippen LogP contribution < -0.4 is 10.6 Å². The summed E-state index contributed by atoms with van der Waals surface area (Å²) >= 11 is 0. The van der Waals surface area contributed by atoms with Crippen LogP contribution in [-0.4, -0.2) is 62.8 Å². The lowest BCUT2D eigenvalue weighted by atomic mass is 10.0. The summed E-state index contributed by atoms with van der Waals surface area (Å²) in [6.07, 6.45) is 3.16. The molecule has 0 aromatic carbocycles. The number of rotatable bonds is 5. The molecule has 5 nitrogen and oxygen atoms in total. The Morgan fingerprint density at radius 3 is 3.16 bits per heavy atom. The molecule has 2 atom stereocenters. The number of carbonyl (C=O) groups is 1. The summed E-state index contributed by atoms with van der Waals surface area (Å²) in [4.78, 5) is 14.2. The minimum absolute atomic E-state index is 0.132. The molecule has 19 heavy (non-hydrogen) atoms. The van der Waals surface area contributed by atoms with Crippen LogP contribution in [0, 0.1) is 5.92 Å². The van der Waals surface area contributed by atoms with Crippen molar-refractivity contribution in [3.8, 4) is 0 Å². The predicted octanol–water partition coefficient (Wildman–Crippen LogP) is 0.213. The van der Waals surface area contributed by atoms with Crippen molar-refractivity contribution in [3.63, 3.8) is 0 Å². The number of hydrogen-bond acceptors (Lipinski definition) is 4. The van der Waals surface area contributed by atoms with Gasteiger partial charge in [0.2, 0.25) is 5.91 Å². The van der Waals surface area contributed by atoms with E-state index in [4.69, 9.17) is 4.74 Å². The number of ether oxygens (including phenoxy) is 1. The highest BCUT2D eigenvalue weighted by atomic mass is 16.5. The monoisotopic (exact) mass is 269 g/mol. The first-order chi connectivity index (χ1) is 9.24. The molecule has 0 bridgehead atoms. The van der Waals surface area contributed by atoms with Crippen molar-refractivity contribution in [2.75, 3.05) is 45.9 Å². The summed E-state index contributed by atoms with van der Waals surface area (Å²) in [5.41, 5.74) is 0. The van der Waals surface area contributed by atoms with E-state index in [1.807, 2.05) is 0 Å². The summed E-state index contributed by atoms with van der Waals surface area (Å²) in [6, 6.07) is 0.184. The molecule has 0 aromatic heterocycles. The first-order valence-corrected chi connectivity index (χ1v) is 7.54. The lowest BCUT2D eigenvalue weighted by molar-refractivity contribution is -0.122. The minimum atomic E-state index is 0.132. The van der Waals surface area contributed by atoms with E-state index in [2.05, 4.69) is 22.5 Å². The molecule has 2 unspecified atom stereocenters. The Labute approximate surface area is 116 Å². The van der Waals surface area contributed by atoms with Crippen LogP contribution in [0.5, 0.6) is 0 Å². The Morgan fingerprint density at radius 1 is 1.53 bits per heavy atom. The van der Waals surface area contributed by atoms with Crippen molar-refractivity contribution in [1.29, 1.82) is 0 Å². The summed E-state index contributed by atoms with van der Waals surface area (Å²) < 4.78 is 5.34. The summed E-state index contributed by atoms with van der Waals surface area (Å²) in [5.74, 6) is 0.932. The highest BCUT2D eigenvalue weighted by Gasteiger charge is 2.18. The molecule has 2 heterocycles. The van der Waals surface area contributed by atoms with Gasteiger partial charge in [-0.05, 0) is 25.3 Å². The zero-order chi connectivity index (χ0) is 13.5. The molecule has 2 saturated heterocycles. The molecule has 2 aliphatic heterocycles. The van der Waals surface area contributed by atoms with Crippen molar-refractivity contribution < 1.29 is 9.53 Å². The Hall–Kier alpha value is -0.650. The van der Waals surface area contributed by atoms with Gasteiger partial charge in [-0.15, -0.1) is 0 Å². The quantitative estimate of drug-likeness (QED) is 0.749.